The van der Waals surface area contributed by atoms with Crippen LogP contribution in [0.15, 0.2) is 5.11 Å². The molecule has 1 N–H and O–H groups in total. The fraction of sp³-hybridized carbons (Fsp3) is 0.818. The summed E-state index contributed by atoms with van der Waals surface area (Å²) in [7, 11) is -3.83. The van der Waals surface area contributed by atoms with Gasteiger partial charge in [0.2, 0.25) is 10.0 Å². The average Bonchev–Trinajstić information content (AvgIpc) is 2.43. The Bertz CT molecular complexity index is 515. The molecular weight excluding hydrogens is 316 g/mol. The lowest BCUT2D eigenvalue weighted by Gasteiger charge is -2.16. The number of rotatable bonds is 11. The number of azide groups is 1. The predicted molar refractivity (Wildman–Crippen MR) is 77.2 cm³/mol. The van der Waals surface area contributed by atoms with Crippen LogP contribution in [0.2, 0.25) is 0 Å². The van der Waals surface area contributed by atoms with Gasteiger partial charge in [-0.05, 0) is 25.8 Å². The highest BCUT2D eigenvalue weighted by molar-refractivity contribution is 7.89. The molecule has 0 heterocycles. The highest BCUT2D eigenvalue weighted by Gasteiger charge is 2.28. The topological polar surface area (TPSA) is 148 Å². The molecular formula is C11H20N4O6S. The Balaban J connectivity index is 4.75. The maximum atomic E-state index is 11.8. The lowest BCUT2D eigenvalue weighted by atomic mass is 10.2. The van der Waals surface area contributed by atoms with E-state index in [2.05, 4.69) is 14.7 Å². The predicted octanol–water partition coefficient (Wildman–Crippen LogP) is 0.491. The van der Waals surface area contributed by atoms with E-state index in [0.29, 0.717) is 0 Å². The van der Waals surface area contributed by atoms with Gasteiger partial charge in [0.15, 0.2) is 0 Å². The molecule has 0 rings (SSSR count). The second kappa shape index (κ2) is 10.8. The van der Waals surface area contributed by atoms with Gasteiger partial charge >= 0.3 is 11.9 Å². The van der Waals surface area contributed by atoms with Gasteiger partial charge in [0, 0.05) is 11.5 Å². The number of sulfonamides is 1. The van der Waals surface area contributed by atoms with Gasteiger partial charge in [0.25, 0.3) is 0 Å². The Morgan fingerprint density at radius 3 is 2.45 bits per heavy atom. The quantitative estimate of drug-likeness (QED) is 0.191. The van der Waals surface area contributed by atoms with Crippen LogP contribution in [0.3, 0.4) is 0 Å². The second-order valence-electron chi connectivity index (χ2n) is 4.06. The van der Waals surface area contributed by atoms with Gasteiger partial charge in [-0.1, -0.05) is 5.11 Å². The minimum absolute atomic E-state index is 0.0133. The van der Waals surface area contributed by atoms with Crippen LogP contribution in [0.1, 0.15) is 26.7 Å². The first-order valence-electron chi connectivity index (χ1n) is 6.69. The van der Waals surface area contributed by atoms with Crippen molar-refractivity contribution >= 4 is 22.0 Å². The fourth-order valence-electron chi connectivity index (χ4n) is 1.45. The number of nitrogens with one attached hydrogen (secondary N) is 1. The number of carbonyl (C=O) groups is 2. The van der Waals surface area contributed by atoms with Crippen LogP contribution in [0.4, 0.5) is 0 Å². The smallest absolute Gasteiger partial charge is 0.324 e. The summed E-state index contributed by atoms with van der Waals surface area (Å²) in [5.41, 5.74) is 8.10. The summed E-state index contributed by atoms with van der Waals surface area (Å²) in [5, 5.41) is 3.21. The van der Waals surface area contributed by atoms with Crippen LogP contribution in [-0.2, 0) is 29.1 Å². The van der Waals surface area contributed by atoms with Gasteiger partial charge in [-0.2, -0.15) is 0 Å². The highest BCUT2D eigenvalue weighted by atomic mass is 32.2. The normalized spacial score (nSPS) is 12.1. The molecule has 11 heteroatoms. The van der Waals surface area contributed by atoms with Crippen molar-refractivity contribution in [3.8, 4) is 0 Å². The Labute approximate surface area is 128 Å². The molecule has 0 aliphatic carbocycles. The van der Waals surface area contributed by atoms with Crippen molar-refractivity contribution in [3.05, 3.63) is 10.4 Å². The van der Waals surface area contributed by atoms with Gasteiger partial charge < -0.3 is 9.47 Å². The van der Waals surface area contributed by atoms with Crippen molar-refractivity contribution in [2.45, 2.75) is 32.7 Å². The number of nitrogens with zero attached hydrogens (tertiary/aromatic N) is 3. The Kier molecular flexibility index (Phi) is 9.92. The minimum Gasteiger partial charge on any atom is -0.466 e. The molecule has 0 radical (unpaired) electrons. The van der Waals surface area contributed by atoms with Gasteiger partial charge in [-0.3, -0.25) is 9.59 Å². The van der Waals surface area contributed by atoms with E-state index < -0.39 is 34.4 Å². The lowest BCUT2D eigenvalue weighted by molar-refractivity contribution is -0.151. The van der Waals surface area contributed by atoms with Crippen LogP contribution < -0.4 is 4.72 Å². The van der Waals surface area contributed by atoms with Crippen molar-refractivity contribution in [2.24, 2.45) is 5.11 Å². The van der Waals surface area contributed by atoms with E-state index in [-0.39, 0.29) is 31.9 Å². The molecule has 0 bridgehead atoms. The highest BCUT2D eigenvalue weighted by Crippen LogP contribution is 2.03. The number of hydrogen-bond acceptors (Lipinski definition) is 7. The first-order valence-corrected chi connectivity index (χ1v) is 8.34. The molecule has 0 saturated carbocycles. The summed E-state index contributed by atoms with van der Waals surface area (Å²) < 4.78 is 35.2. The molecule has 0 saturated heterocycles. The van der Waals surface area contributed by atoms with E-state index in [1.54, 1.807) is 13.8 Å². The average molecular weight is 336 g/mol. The zero-order valence-corrected chi connectivity index (χ0v) is 13.3. The summed E-state index contributed by atoms with van der Waals surface area (Å²) in [5.74, 6) is -1.91. The number of ether oxygens (including phenoxy) is 2. The number of esters is 2. The van der Waals surface area contributed by atoms with Crippen molar-refractivity contribution in [2.75, 3.05) is 25.5 Å². The summed E-state index contributed by atoms with van der Waals surface area (Å²) in [6, 6.07) is -1.34. The molecule has 0 aromatic rings. The molecule has 1 atom stereocenters. The molecule has 0 fully saturated rings. The van der Waals surface area contributed by atoms with Crippen LogP contribution in [0, 0.1) is 0 Å². The molecule has 0 aliphatic heterocycles. The van der Waals surface area contributed by atoms with Crippen LogP contribution in [-0.4, -0.2) is 51.9 Å². The van der Waals surface area contributed by atoms with Gasteiger partial charge in [0.1, 0.15) is 6.04 Å². The van der Waals surface area contributed by atoms with E-state index >= 15 is 0 Å². The molecule has 126 valence electrons. The van der Waals surface area contributed by atoms with Gasteiger partial charge in [-0.25, -0.2) is 13.1 Å². The Morgan fingerprint density at radius 1 is 1.27 bits per heavy atom. The minimum atomic E-state index is -3.83. The fourth-order valence-corrected chi connectivity index (χ4v) is 2.69. The lowest BCUT2D eigenvalue weighted by Crippen LogP contribution is -2.44. The van der Waals surface area contributed by atoms with Crippen LogP contribution in [0.25, 0.3) is 10.4 Å². The molecule has 22 heavy (non-hydrogen) atoms. The zero-order chi connectivity index (χ0) is 17.0. The van der Waals surface area contributed by atoms with E-state index in [1.165, 1.54) is 0 Å². The molecule has 0 spiro atoms. The second-order valence-corrected chi connectivity index (χ2v) is 5.93. The van der Waals surface area contributed by atoms with Gasteiger partial charge in [-0.15, -0.1) is 0 Å². The summed E-state index contributed by atoms with van der Waals surface area (Å²) >= 11 is 0. The third-order valence-corrected chi connectivity index (χ3v) is 3.77. The standard InChI is InChI=1S/C11H20N4O6S/c1-3-20-10(16)8-9(11(17)21-4-2)14-22(18,19)7-5-6-13-15-12/h9,14H,3-8H2,1-2H3. The molecule has 1 unspecified atom stereocenters. The van der Waals surface area contributed by atoms with Crippen molar-refractivity contribution < 1.29 is 27.5 Å². The maximum Gasteiger partial charge on any atom is 0.324 e. The zero-order valence-electron chi connectivity index (χ0n) is 12.5. The largest absolute Gasteiger partial charge is 0.466 e. The summed E-state index contributed by atoms with van der Waals surface area (Å²) in [4.78, 5) is 25.6. The van der Waals surface area contributed by atoms with Gasteiger partial charge in [0.05, 0.1) is 25.4 Å². The first-order chi connectivity index (χ1) is 10.4. The molecule has 0 aromatic heterocycles. The Morgan fingerprint density at radius 2 is 1.91 bits per heavy atom. The third kappa shape index (κ3) is 9.16. The summed E-state index contributed by atoms with van der Waals surface area (Å²) in [6.07, 6.45) is -0.364. The van der Waals surface area contributed by atoms with E-state index in [9.17, 15) is 18.0 Å². The Hall–Kier alpha value is -1.84. The summed E-state index contributed by atoms with van der Waals surface area (Å²) in [6.45, 7) is 3.34. The SMILES string of the molecule is CCOC(=O)CC(NS(=O)(=O)CCCN=[N+]=[N-])C(=O)OCC. The van der Waals surface area contributed by atoms with Crippen molar-refractivity contribution in [1.29, 1.82) is 0 Å². The van der Waals surface area contributed by atoms with Crippen LogP contribution in [0.5, 0.6) is 0 Å². The number of carbonyl (C=O) groups excluding carboxylic acids is 2. The molecule has 10 nitrogen and oxygen atoms in total. The maximum absolute atomic E-state index is 11.8. The van der Waals surface area contributed by atoms with Crippen molar-refractivity contribution in [3.63, 3.8) is 0 Å². The van der Waals surface area contributed by atoms with E-state index in [0.717, 1.165) is 0 Å². The monoisotopic (exact) mass is 336 g/mol. The van der Waals surface area contributed by atoms with Crippen LogP contribution >= 0.6 is 0 Å². The van der Waals surface area contributed by atoms with E-state index in [1.807, 2.05) is 0 Å². The van der Waals surface area contributed by atoms with Crippen molar-refractivity contribution in [1.82, 2.24) is 4.72 Å². The van der Waals surface area contributed by atoms with E-state index in [4.69, 9.17) is 15.0 Å². The molecule has 0 amide bonds. The molecule has 0 aliphatic rings. The third-order valence-electron chi connectivity index (χ3n) is 2.30. The number of hydrogen-bond donors (Lipinski definition) is 1. The molecule has 0 aromatic carbocycles. The first kappa shape index (κ1) is 20.2.